The predicted octanol–water partition coefficient (Wildman–Crippen LogP) is 7.40. The van der Waals surface area contributed by atoms with Crippen molar-refractivity contribution in [1.29, 1.82) is 0 Å². The Labute approximate surface area is 170 Å². The maximum atomic E-state index is 5.02. The number of benzene rings is 1. The molecule has 0 saturated heterocycles. The first-order valence-electron chi connectivity index (χ1n) is 10.3. The molecule has 1 aliphatic rings. The molecule has 1 unspecified atom stereocenters. The van der Waals surface area contributed by atoms with Crippen LogP contribution in [0.25, 0.3) is 0 Å². The molecule has 0 bridgehead atoms. The maximum Gasteiger partial charge on any atom is 0.0714 e. The molecule has 2 nitrogen and oxygen atoms in total. The molecule has 0 saturated carbocycles. The summed E-state index contributed by atoms with van der Waals surface area (Å²) in [5.41, 5.74) is 3.11. The number of nitrogens with zero attached hydrogens (tertiary/aromatic N) is 2. The van der Waals surface area contributed by atoms with Gasteiger partial charge in [0.1, 0.15) is 0 Å². The molecule has 0 radical (unpaired) electrons. The summed E-state index contributed by atoms with van der Waals surface area (Å²) in [6.07, 6.45) is 12.8. The Hall–Kier alpha value is -1.61. The van der Waals surface area contributed by atoms with Gasteiger partial charge in [0.2, 0.25) is 0 Å². The van der Waals surface area contributed by atoms with Crippen LogP contribution in [-0.2, 0) is 0 Å². The van der Waals surface area contributed by atoms with Crippen LogP contribution in [0.4, 0.5) is 5.69 Å². The second-order valence-corrected chi connectivity index (χ2v) is 8.69. The Morgan fingerprint density at radius 2 is 1.74 bits per heavy atom. The second kappa shape index (κ2) is 12.0. The number of aliphatic imine (C=N–C) groups is 2. The maximum absolute atomic E-state index is 5.02. The largest absolute Gasteiger partial charge is 0.281 e. The Morgan fingerprint density at radius 1 is 0.963 bits per heavy atom. The van der Waals surface area contributed by atoms with E-state index in [4.69, 9.17) is 9.98 Å². The van der Waals surface area contributed by atoms with Crippen molar-refractivity contribution in [2.45, 2.75) is 65.8 Å². The Balaban J connectivity index is 2.12. The zero-order valence-corrected chi connectivity index (χ0v) is 18.1. The average Bonchev–Trinajstić information content (AvgIpc) is 2.66. The number of rotatable bonds is 10. The van der Waals surface area contributed by atoms with E-state index in [1.165, 1.54) is 37.0 Å². The Bertz CT molecular complexity index is 684. The molecule has 1 aromatic rings. The van der Waals surface area contributed by atoms with Crippen LogP contribution >= 0.6 is 11.8 Å². The van der Waals surface area contributed by atoms with E-state index in [2.05, 4.69) is 45.9 Å². The average molecular weight is 383 g/mol. The molecule has 146 valence electrons. The van der Waals surface area contributed by atoms with Gasteiger partial charge >= 0.3 is 0 Å². The summed E-state index contributed by atoms with van der Waals surface area (Å²) in [7, 11) is 0. The van der Waals surface area contributed by atoms with E-state index in [9.17, 15) is 0 Å². The number of allylic oxidation sites excluding steroid dienone is 4. The summed E-state index contributed by atoms with van der Waals surface area (Å²) in [6, 6.07) is 10.5. The second-order valence-electron chi connectivity index (χ2n) is 7.63. The molecule has 1 aromatic carbocycles. The van der Waals surface area contributed by atoms with E-state index in [-0.39, 0.29) is 0 Å². The van der Waals surface area contributed by atoms with Crippen molar-refractivity contribution in [2.24, 2.45) is 15.9 Å². The zero-order chi connectivity index (χ0) is 19.5. The fourth-order valence-electron chi connectivity index (χ4n) is 2.87. The smallest absolute Gasteiger partial charge is 0.0714 e. The third-order valence-electron chi connectivity index (χ3n) is 4.36. The van der Waals surface area contributed by atoms with Crippen molar-refractivity contribution in [1.82, 2.24) is 0 Å². The molecule has 0 fully saturated rings. The van der Waals surface area contributed by atoms with Gasteiger partial charge in [0.15, 0.2) is 0 Å². The van der Waals surface area contributed by atoms with E-state index >= 15 is 0 Å². The van der Waals surface area contributed by atoms with Crippen molar-refractivity contribution in [2.75, 3.05) is 5.75 Å². The highest BCUT2D eigenvalue weighted by Crippen LogP contribution is 2.26. The van der Waals surface area contributed by atoms with Crippen molar-refractivity contribution >= 4 is 28.9 Å². The van der Waals surface area contributed by atoms with Crippen molar-refractivity contribution in [3.63, 3.8) is 0 Å². The first kappa shape index (κ1) is 21.7. The minimum absolute atomic E-state index is 0.372. The summed E-state index contributed by atoms with van der Waals surface area (Å²) in [5, 5.41) is 0. The number of hydrogen-bond acceptors (Lipinski definition) is 3. The van der Waals surface area contributed by atoms with E-state index in [0.717, 1.165) is 22.9 Å². The molecule has 0 amide bonds. The molecule has 0 aromatic heterocycles. The van der Waals surface area contributed by atoms with E-state index < -0.39 is 0 Å². The Morgan fingerprint density at radius 3 is 2.44 bits per heavy atom. The highest BCUT2D eigenvalue weighted by molar-refractivity contribution is 8.04. The predicted molar refractivity (Wildman–Crippen MR) is 124 cm³/mol. The lowest BCUT2D eigenvalue weighted by Gasteiger charge is -2.16. The monoisotopic (exact) mass is 382 g/mol. The molecule has 0 heterocycles. The van der Waals surface area contributed by atoms with E-state index in [0.29, 0.717) is 12.0 Å². The number of hydrogen-bond donors (Lipinski definition) is 0. The quantitative estimate of drug-likeness (QED) is 0.305. The van der Waals surface area contributed by atoms with E-state index in [1.807, 2.05) is 42.1 Å². The van der Waals surface area contributed by atoms with Crippen LogP contribution in [0.1, 0.15) is 59.8 Å². The van der Waals surface area contributed by atoms with Crippen molar-refractivity contribution < 1.29 is 0 Å². The number of unbranched alkanes of at least 4 members (excludes halogenated alkanes) is 3. The number of thioether (sulfide) groups is 1. The lowest BCUT2D eigenvalue weighted by atomic mass is 10.1. The van der Waals surface area contributed by atoms with Gasteiger partial charge in [0.25, 0.3) is 0 Å². The summed E-state index contributed by atoms with van der Waals surface area (Å²) in [5.74, 6) is 1.76. The molecule has 1 aliphatic carbocycles. The fraction of sp³-hybridized carbons (Fsp3) is 0.500. The third-order valence-corrected chi connectivity index (χ3v) is 5.84. The Kier molecular flexibility index (Phi) is 9.61. The van der Waals surface area contributed by atoms with Gasteiger partial charge in [-0.25, -0.2) is 4.99 Å². The number of para-hydroxylation sites is 1. The lowest BCUT2D eigenvalue weighted by Crippen LogP contribution is -2.11. The fourth-order valence-corrected chi connectivity index (χ4v) is 3.86. The molecule has 27 heavy (non-hydrogen) atoms. The van der Waals surface area contributed by atoms with Gasteiger partial charge in [-0.2, -0.15) is 0 Å². The highest BCUT2D eigenvalue weighted by atomic mass is 32.2. The summed E-state index contributed by atoms with van der Waals surface area (Å²) in [6.45, 7) is 9.02. The normalized spacial score (nSPS) is 18.3. The molecule has 1 atom stereocenters. The van der Waals surface area contributed by atoms with Crippen LogP contribution in [0, 0.1) is 5.92 Å². The van der Waals surface area contributed by atoms with E-state index in [1.54, 1.807) is 0 Å². The first-order valence-corrected chi connectivity index (χ1v) is 11.3. The van der Waals surface area contributed by atoms with Gasteiger partial charge in [-0.15, -0.1) is 11.8 Å². The molecular formula is C24H34N2S. The minimum atomic E-state index is 0.372. The van der Waals surface area contributed by atoms with Gasteiger partial charge in [-0.3, -0.25) is 4.99 Å². The van der Waals surface area contributed by atoms with Crippen LogP contribution in [0.3, 0.4) is 0 Å². The highest BCUT2D eigenvalue weighted by Gasteiger charge is 2.13. The SMILES string of the molecule is CCCCCCC(C)N=C1C=CC(=Nc2ccccc2)C=C1SCC(C)C. The first-order chi connectivity index (χ1) is 13.1. The minimum Gasteiger partial charge on any atom is -0.281 e. The molecular weight excluding hydrogens is 348 g/mol. The van der Waals surface area contributed by atoms with Crippen LogP contribution in [-0.4, -0.2) is 23.2 Å². The van der Waals surface area contributed by atoms with Crippen LogP contribution in [0.15, 0.2) is 63.4 Å². The van der Waals surface area contributed by atoms with Gasteiger partial charge in [0.05, 0.1) is 17.1 Å². The summed E-state index contributed by atoms with van der Waals surface area (Å²) in [4.78, 5) is 11.0. The van der Waals surface area contributed by atoms with Crippen LogP contribution in [0.2, 0.25) is 0 Å². The van der Waals surface area contributed by atoms with Crippen molar-refractivity contribution in [3.05, 3.63) is 53.5 Å². The lowest BCUT2D eigenvalue weighted by molar-refractivity contribution is 0.577. The zero-order valence-electron chi connectivity index (χ0n) is 17.3. The van der Waals surface area contributed by atoms with Crippen LogP contribution < -0.4 is 0 Å². The summed E-state index contributed by atoms with van der Waals surface area (Å²) < 4.78 is 0. The van der Waals surface area contributed by atoms with Gasteiger partial charge in [-0.1, -0.05) is 64.7 Å². The topological polar surface area (TPSA) is 24.7 Å². The van der Waals surface area contributed by atoms with Crippen LogP contribution in [0.5, 0.6) is 0 Å². The molecule has 0 spiro atoms. The van der Waals surface area contributed by atoms with Crippen molar-refractivity contribution in [3.8, 4) is 0 Å². The van der Waals surface area contributed by atoms with Gasteiger partial charge in [0, 0.05) is 16.7 Å². The standard InChI is InChI=1S/C24H34N2S/c1-5-6-7-9-12-20(4)25-23-16-15-22(17-24(23)27-18-19(2)3)26-21-13-10-8-11-14-21/h8,10-11,13-17,19-20H,5-7,9,12,18H2,1-4H3. The molecule has 3 heteroatoms. The molecule has 2 rings (SSSR count). The molecule has 0 aliphatic heterocycles. The van der Waals surface area contributed by atoms with Gasteiger partial charge < -0.3 is 0 Å². The van der Waals surface area contributed by atoms with Gasteiger partial charge in [-0.05, 0) is 49.6 Å². The molecule has 0 N–H and O–H groups in total. The summed E-state index contributed by atoms with van der Waals surface area (Å²) >= 11 is 1.90. The third kappa shape index (κ3) is 8.30.